The summed E-state index contributed by atoms with van der Waals surface area (Å²) in [6.45, 7) is 6.23. The minimum Gasteiger partial charge on any atom is -0.356 e. The maximum absolute atomic E-state index is 12.7. The number of carbonyl (C=O) groups is 1. The largest absolute Gasteiger partial charge is 0.356 e. The van der Waals surface area contributed by atoms with Gasteiger partial charge in [-0.05, 0) is 85.9 Å². The first-order chi connectivity index (χ1) is 13.5. The minimum atomic E-state index is -0.0157. The van der Waals surface area contributed by atoms with E-state index in [0.29, 0.717) is 5.69 Å². The van der Waals surface area contributed by atoms with Crippen LogP contribution in [0.4, 0.5) is 0 Å². The molecule has 0 aliphatic heterocycles. The van der Waals surface area contributed by atoms with Crippen molar-refractivity contribution in [2.75, 3.05) is 0 Å². The van der Waals surface area contributed by atoms with Gasteiger partial charge in [-0.3, -0.25) is 4.79 Å². The molecule has 4 nitrogen and oxygen atoms in total. The normalized spacial score (nSPS) is 14.7. The Bertz CT molecular complexity index is 1020. The van der Waals surface area contributed by atoms with Crippen LogP contribution in [-0.4, -0.2) is 11.1 Å². The lowest BCUT2D eigenvalue weighted by Crippen LogP contribution is -2.29. The van der Waals surface area contributed by atoms with E-state index in [4.69, 9.17) is 4.52 Å². The molecular weight excluding hydrogens is 348 g/mol. The Kier molecular flexibility index (Phi) is 5.21. The van der Waals surface area contributed by atoms with Gasteiger partial charge < -0.3 is 9.84 Å². The molecule has 1 unspecified atom stereocenters. The van der Waals surface area contributed by atoms with E-state index in [0.717, 1.165) is 29.4 Å². The van der Waals surface area contributed by atoms with Gasteiger partial charge in [0, 0.05) is 5.39 Å². The number of benzene rings is 2. The Balaban J connectivity index is 1.50. The summed E-state index contributed by atoms with van der Waals surface area (Å²) in [6, 6.07) is 10.8. The summed E-state index contributed by atoms with van der Waals surface area (Å²) >= 11 is 0. The van der Waals surface area contributed by atoms with E-state index in [1.54, 1.807) is 0 Å². The predicted molar refractivity (Wildman–Crippen MR) is 111 cm³/mol. The molecule has 4 heteroatoms. The fraction of sp³-hybridized carbons (Fsp3) is 0.417. The predicted octanol–water partition coefficient (Wildman–Crippen LogP) is 5.13. The van der Waals surface area contributed by atoms with E-state index in [2.05, 4.69) is 48.6 Å². The van der Waals surface area contributed by atoms with Crippen LogP contribution in [-0.2, 0) is 24.1 Å². The highest BCUT2D eigenvalue weighted by atomic mass is 16.5. The molecule has 3 aromatic rings. The zero-order valence-electron chi connectivity index (χ0n) is 17.0. The molecule has 1 N–H and O–H groups in total. The highest BCUT2D eigenvalue weighted by molar-refractivity contribution is 5.87. The van der Waals surface area contributed by atoms with E-state index in [1.165, 1.54) is 41.5 Å². The van der Waals surface area contributed by atoms with Crippen molar-refractivity contribution in [3.05, 3.63) is 63.8 Å². The number of nitrogens with zero attached hydrogens (tertiary/aromatic N) is 1. The highest BCUT2D eigenvalue weighted by Gasteiger charge is 2.18. The number of aryl methyl sites for hydroxylation is 4. The third-order valence-electron chi connectivity index (χ3n) is 6.01. The third-order valence-corrected chi connectivity index (χ3v) is 6.01. The molecule has 0 saturated heterocycles. The molecule has 1 atom stereocenters. The highest BCUT2D eigenvalue weighted by Crippen LogP contribution is 2.27. The molecule has 0 saturated carbocycles. The Morgan fingerprint density at radius 2 is 1.86 bits per heavy atom. The monoisotopic (exact) mass is 376 g/mol. The maximum atomic E-state index is 12.7. The van der Waals surface area contributed by atoms with E-state index in [1.807, 2.05) is 13.0 Å². The van der Waals surface area contributed by atoms with Crippen molar-refractivity contribution in [3.63, 3.8) is 0 Å². The average Bonchev–Trinajstić information content (AvgIpc) is 3.07. The number of carbonyl (C=O) groups excluding carboxylic acids is 1. The van der Waals surface area contributed by atoms with Crippen molar-refractivity contribution in [2.45, 2.75) is 65.3 Å². The van der Waals surface area contributed by atoms with E-state index >= 15 is 0 Å². The van der Waals surface area contributed by atoms with Gasteiger partial charge in [0.05, 0.1) is 12.5 Å². The van der Waals surface area contributed by atoms with Crippen LogP contribution < -0.4 is 5.32 Å². The SMILES string of the molecule is CCC(NC(=O)Cc1noc2cc(C)c(C)cc12)c1ccc2c(c1)CCCC2. The second-order valence-corrected chi connectivity index (χ2v) is 8.00. The van der Waals surface area contributed by atoms with Crippen LogP contribution in [0.15, 0.2) is 34.9 Å². The molecule has 0 spiro atoms. The molecule has 146 valence electrons. The van der Waals surface area contributed by atoms with Gasteiger partial charge in [0.2, 0.25) is 5.91 Å². The standard InChI is InChI=1S/C24H28N2O2/c1-4-21(19-10-9-17-7-5-6-8-18(17)13-19)25-24(27)14-22-20-11-15(2)16(3)12-23(20)28-26-22/h9-13,21H,4-8,14H2,1-3H3,(H,25,27). The van der Waals surface area contributed by atoms with Crippen molar-refractivity contribution >= 4 is 16.9 Å². The molecule has 1 aromatic heterocycles. The minimum absolute atomic E-state index is 0.0157. The van der Waals surface area contributed by atoms with Gasteiger partial charge in [0.1, 0.15) is 5.69 Å². The second kappa shape index (κ2) is 7.78. The number of hydrogen-bond acceptors (Lipinski definition) is 3. The quantitative estimate of drug-likeness (QED) is 0.671. The van der Waals surface area contributed by atoms with Gasteiger partial charge >= 0.3 is 0 Å². The molecule has 1 aliphatic rings. The van der Waals surface area contributed by atoms with E-state index in [9.17, 15) is 4.79 Å². The van der Waals surface area contributed by atoms with Crippen molar-refractivity contribution in [1.29, 1.82) is 0 Å². The summed E-state index contributed by atoms with van der Waals surface area (Å²) in [5, 5.41) is 8.27. The van der Waals surface area contributed by atoms with Gasteiger partial charge in [0.25, 0.3) is 0 Å². The Hall–Kier alpha value is -2.62. The number of fused-ring (bicyclic) bond motifs is 2. The van der Waals surface area contributed by atoms with Gasteiger partial charge in [-0.1, -0.05) is 30.3 Å². The number of aromatic nitrogens is 1. The molecule has 0 bridgehead atoms. The van der Waals surface area contributed by atoms with Gasteiger partial charge in [-0.25, -0.2) is 0 Å². The number of rotatable bonds is 5. The average molecular weight is 377 g/mol. The number of amides is 1. The Labute approximate surface area is 166 Å². The zero-order chi connectivity index (χ0) is 19.7. The summed E-state index contributed by atoms with van der Waals surface area (Å²) in [4.78, 5) is 12.7. The first kappa shape index (κ1) is 18.7. The fourth-order valence-corrected chi connectivity index (χ4v) is 4.16. The third kappa shape index (κ3) is 3.68. The van der Waals surface area contributed by atoms with Crippen LogP contribution in [0, 0.1) is 13.8 Å². The first-order valence-corrected chi connectivity index (χ1v) is 10.3. The van der Waals surface area contributed by atoms with Crippen LogP contribution in [0.25, 0.3) is 11.0 Å². The van der Waals surface area contributed by atoms with Crippen molar-refractivity contribution in [2.24, 2.45) is 0 Å². The van der Waals surface area contributed by atoms with Crippen LogP contribution in [0.5, 0.6) is 0 Å². The molecule has 28 heavy (non-hydrogen) atoms. The molecule has 4 rings (SSSR count). The van der Waals surface area contributed by atoms with Crippen LogP contribution >= 0.6 is 0 Å². The lowest BCUT2D eigenvalue weighted by atomic mass is 9.89. The summed E-state index contributed by atoms with van der Waals surface area (Å²) in [5.74, 6) is -0.0157. The van der Waals surface area contributed by atoms with Crippen LogP contribution in [0.1, 0.15) is 65.7 Å². The Morgan fingerprint density at radius 3 is 2.64 bits per heavy atom. The summed E-state index contributed by atoms with van der Waals surface area (Å²) in [7, 11) is 0. The zero-order valence-corrected chi connectivity index (χ0v) is 17.0. The molecule has 0 fully saturated rings. The first-order valence-electron chi connectivity index (χ1n) is 10.3. The molecule has 2 aromatic carbocycles. The van der Waals surface area contributed by atoms with Crippen LogP contribution in [0.2, 0.25) is 0 Å². The summed E-state index contributed by atoms with van der Waals surface area (Å²) in [5.41, 5.74) is 7.91. The number of nitrogens with one attached hydrogen (secondary N) is 1. The lowest BCUT2D eigenvalue weighted by Gasteiger charge is -2.21. The number of hydrogen-bond donors (Lipinski definition) is 1. The van der Waals surface area contributed by atoms with Gasteiger partial charge in [-0.15, -0.1) is 0 Å². The molecular formula is C24H28N2O2. The van der Waals surface area contributed by atoms with Gasteiger partial charge in [0.15, 0.2) is 5.58 Å². The summed E-state index contributed by atoms with van der Waals surface area (Å²) in [6.07, 6.45) is 5.97. The second-order valence-electron chi connectivity index (χ2n) is 8.00. The smallest absolute Gasteiger partial charge is 0.226 e. The Morgan fingerprint density at radius 1 is 1.11 bits per heavy atom. The lowest BCUT2D eigenvalue weighted by molar-refractivity contribution is -0.121. The molecule has 1 aliphatic carbocycles. The van der Waals surface area contributed by atoms with Crippen LogP contribution in [0.3, 0.4) is 0 Å². The molecule has 1 amide bonds. The van der Waals surface area contributed by atoms with E-state index in [-0.39, 0.29) is 18.4 Å². The van der Waals surface area contributed by atoms with Crippen molar-refractivity contribution < 1.29 is 9.32 Å². The fourth-order valence-electron chi connectivity index (χ4n) is 4.16. The molecule has 1 heterocycles. The van der Waals surface area contributed by atoms with Crippen molar-refractivity contribution in [3.8, 4) is 0 Å². The van der Waals surface area contributed by atoms with E-state index < -0.39 is 0 Å². The summed E-state index contributed by atoms with van der Waals surface area (Å²) < 4.78 is 5.43. The molecule has 0 radical (unpaired) electrons. The van der Waals surface area contributed by atoms with Crippen molar-refractivity contribution in [1.82, 2.24) is 10.5 Å². The van der Waals surface area contributed by atoms with Gasteiger partial charge in [-0.2, -0.15) is 0 Å². The maximum Gasteiger partial charge on any atom is 0.226 e. The topological polar surface area (TPSA) is 55.1 Å².